The molecule has 0 heterocycles. The Labute approximate surface area is 179 Å². The molecule has 0 atom stereocenters. The summed E-state index contributed by atoms with van der Waals surface area (Å²) < 4.78 is 10.1. The molecule has 0 spiro atoms. The van der Waals surface area contributed by atoms with Gasteiger partial charge in [-0.15, -0.1) is 0 Å². The van der Waals surface area contributed by atoms with Gasteiger partial charge in [0.25, 0.3) is 0 Å². The minimum absolute atomic E-state index is 0.302. The quantitative estimate of drug-likeness (QED) is 0.286. The summed E-state index contributed by atoms with van der Waals surface area (Å²) in [6, 6.07) is 17.8. The molecule has 0 aromatic heterocycles. The lowest BCUT2D eigenvalue weighted by Gasteiger charge is -2.19. The lowest BCUT2D eigenvalue weighted by Crippen LogP contribution is -2.36. The summed E-state index contributed by atoms with van der Waals surface area (Å²) in [4.78, 5) is 36.4. The van der Waals surface area contributed by atoms with E-state index in [2.05, 4.69) is 23.5 Å². The average Bonchev–Trinajstić information content (AvgIpc) is 2.73. The Balaban J connectivity index is 1.49. The van der Waals surface area contributed by atoms with E-state index in [0.717, 1.165) is 32.3 Å². The molecular weight excluding hydrogens is 394 g/mol. The van der Waals surface area contributed by atoms with Gasteiger partial charge in [-0.3, -0.25) is 9.59 Å². The van der Waals surface area contributed by atoms with Gasteiger partial charge in [0.15, 0.2) is 6.61 Å². The number of alkyl carbamates (subject to hydrolysis) is 1. The number of carbonyl (C=O) groups is 3. The molecule has 4 rings (SSSR count). The van der Waals surface area contributed by atoms with Gasteiger partial charge < -0.3 is 14.8 Å². The third kappa shape index (κ3) is 4.28. The van der Waals surface area contributed by atoms with Gasteiger partial charge in [0, 0.05) is 5.56 Å². The van der Waals surface area contributed by atoms with Gasteiger partial charge in [0.1, 0.15) is 12.1 Å². The second-order valence-electron chi connectivity index (χ2n) is 8.41. The minimum Gasteiger partial charge on any atom is -0.456 e. The number of ketones is 1. The van der Waals surface area contributed by atoms with Gasteiger partial charge in [0.05, 0.1) is 0 Å². The lowest BCUT2D eigenvalue weighted by molar-refractivity contribution is -0.141. The van der Waals surface area contributed by atoms with Gasteiger partial charge in [-0.2, -0.15) is 0 Å². The number of ether oxygens (including phenoxy) is 2. The molecule has 0 saturated carbocycles. The Morgan fingerprint density at radius 2 is 1.45 bits per heavy atom. The summed E-state index contributed by atoms with van der Waals surface area (Å²) in [5.41, 5.74) is -0.169. The fraction of sp³-hybridized carbons (Fsp3) is 0.240. The van der Waals surface area contributed by atoms with Crippen LogP contribution in [-0.2, 0) is 14.3 Å². The largest absolute Gasteiger partial charge is 0.456 e. The van der Waals surface area contributed by atoms with Crippen LogP contribution in [-0.4, -0.2) is 36.6 Å². The summed E-state index contributed by atoms with van der Waals surface area (Å²) in [7, 11) is 0. The fourth-order valence-corrected chi connectivity index (χ4v) is 3.71. The van der Waals surface area contributed by atoms with Gasteiger partial charge in [0.2, 0.25) is 5.78 Å². The number of hydrogen-bond acceptors (Lipinski definition) is 5. The molecule has 4 aromatic rings. The van der Waals surface area contributed by atoms with Crippen LogP contribution >= 0.6 is 0 Å². The molecule has 31 heavy (non-hydrogen) atoms. The molecule has 0 radical (unpaired) electrons. The first kappa shape index (κ1) is 20.6. The SMILES string of the molecule is CC(C)(C)OC(=O)NCC(=O)OCC(=O)c1ccc2ccc3cccc4ccc1c2c34. The zero-order valence-corrected chi connectivity index (χ0v) is 17.7. The molecule has 0 aliphatic rings. The summed E-state index contributed by atoms with van der Waals surface area (Å²) in [6.45, 7) is 4.39. The van der Waals surface area contributed by atoms with E-state index >= 15 is 0 Å². The molecule has 1 N–H and O–H groups in total. The normalized spacial score (nSPS) is 11.7. The van der Waals surface area contributed by atoms with Crippen LogP contribution < -0.4 is 5.32 Å². The molecule has 0 saturated heterocycles. The van der Waals surface area contributed by atoms with Gasteiger partial charge >= 0.3 is 12.1 Å². The van der Waals surface area contributed by atoms with Crippen molar-refractivity contribution in [3.05, 3.63) is 60.2 Å². The number of carbonyl (C=O) groups excluding carboxylic acids is 3. The predicted molar refractivity (Wildman–Crippen MR) is 120 cm³/mol. The highest BCUT2D eigenvalue weighted by atomic mass is 16.6. The number of Topliss-reactive ketones (excluding diaryl/α,β-unsaturated/α-hetero) is 1. The Hall–Kier alpha value is -3.67. The highest BCUT2D eigenvalue weighted by molar-refractivity contribution is 6.26. The molecule has 0 aliphatic carbocycles. The van der Waals surface area contributed by atoms with Crippen LogP contribution in [0.4, 0.5) is 4.79 Å². The van der Waals surface area contributed by atoms with E-state index in [1.807, 2.05) is 30.3 Å². The summed E-state index contributed by atoms with van der Waals surface area (Å²) in [5.74, 6) is -1.01. The van der Waals surface area contributed by atoms with E-state index in [4.69, 9.17) is 9.47 Å². The molecule has 0 aliphatic heterocycles. The summed E-state index contributed by atoms with van der Waals surface area (Å²) >= 11 is 0. The number of rotatable bonds is 5. The highest BCUT2D eigenvalue weighted by Crippen LogP contribution is 2.35. The van der Waals surface area contributed by atoms with E-state index in [-0.39, 0.29) is 12.3 Å². The molecule has 0 unspecified atom stereocenters. The van der Waals surface area contributed by atoms with Crippen molar-refractivity contribution >= 4 is 50.2 Å². The fourth-order valence-electron chi connectivity index (χ4n) is 3.71. The second kappa shape index (κ2) is 7.87. The van der Waals surface area contributed by atoms with Crippen molar-refractivity contribution in [3.63, 3.8) is 0 Å². The standard InChI is InChI=1S/C25H23NO5/c1-25(2,3)31-24(29)26-13-21(28)30-14-20(27)18-11-9-17-8-7-15-5-4-6-16-10-12-19(18)23(17)22(15)16/h4-12H,13-14H2,1-3H3,(H,26,29). The van der Waals surface area contributed by atoms with Crippen LogP contribution in [0.5, 0.6) is 0 Å². The van der Waals surface area contributed by atoms with Crippen LogP contribution in [0, 0.1) is 0 Å². The molecule has 6 nitrogen and oxygen atoms in total. The summed E-state index contributed by atoms with van der Waals surface area (Å²) in [5, 5.41) is 8.56. The number of nitrogens with one attached hydrogen (secondary N) is 1. The van der Waals surface area contributed by atoms with E-state index in [9.17, 15) is 14.4 Å². The van der Waals surface area contributed by atoms with Crippen molar-refractivity contribution in [2.45, 2.75) is 26.4 Å². The van der Waals surface area contributed by atoms with Crippen molar-refractivity contribution in [1.29, 1.82) is 0 Å². The maximum atomic E-state index is 12.8. The van der Waals surface area contributed by atoms with Gasteiger partial charge in [-0.1, -0.05) is 54.6 Å². The Morgan fingerprint density at radius 1 is 0.839 bits per heavy atom. The maximum absolute atomic E-state index is 12.8. The lowest BCUT2D eigenvalue weighted by atomic mass is 9.91. The monoisotopic (exact) mass is 417 g/mol. The topological polar surface area (TPSA) is 81.7 Å². The summed E-state index contributed by atoms with van der Waals surface area (Å²) in [6.07, 6.45) is -0.720. The maximum Gasteiger partial charge on any atom is 0.408 e. The van der Waals surface area contributed by atoms with Gasteiger partial charge in [-0.05, 0) is 53.1 Å². The van der Waals surface area contributed by atoms with Crippen LogP contribution in [0.25, 0.3) is 32.3 Å². The minimum atomic E-state index is -0.720. The van der Waals surface area contributed by atoms with E-state index in [1.165, 1.54) is 0 Å². The van der Waals surface area contributed by atoms with Crippen LogP contribution in [0.15, 0.2) is 54.6 Å². The zero-order chi connectivity index (χ0) is 22.2. The van der Waals surface area contributed by atoms with Crippen molar-refractivity contribution in [2.75, 3.05) is 13.2 Å². The zero-order valence-electron chi connectivity index (χ0n) is 17.7. The van der Waals surface area contributed by atoms with Crippen molar-refractivity contribution in [3.8, 4) is 0 Å². The highest BCUT2D eigenvalue weighted by Gasteiger charge is 2.19. The predicted octanol–water partition coefficient (Wildman–Crippen LogP) is 4.83. The first-order valence-corrected chi connectivity index (χ1v) is 10.1. The third-order valence-electron chi connectivity index (χ3n) is 4.97. The van der Waals surface area contributed by atoms with Gasteiger partial charge in [-0.25, -0.2) is 4.79 Å². The third-order valence-corrected chi connectivity index (χ3v) is 4.97. The molecule has 6 heteroatoms. The molecular formula is C25H23NO5. The van der Waals surface area contributed by atoms with Crippen molar-refractivity contribution in [2.24, 2.45) is 0 Å². The first-order valence-electron chi connectivity index (χ1n) is 10.1. The number of esters is 1. The smallest absolute Gasteiger partial charge is 0.408 e. The number of amides is 1. The van der Waals surface area contributed by atoms with E-state index in [1.54, 1.807) is 26.8 Å². The average molecular weight is 417 g/mol. The first-order chi connectivity index (χ1) is 14.7. The molecule has 158 valence electrons. The molecule has 1 amide bonds. The van der Waals surface area contributed by atoms with Crippen LogP contribution in [0.2, 0.25) is 0 Å². The second-order valence-corrected chi connectivity index (χ2v) is 8.41. The number of benzene rings is 4. The molecule has 0 bridgehead atoms. The van der Waals surface area contributed by atoms with Crippen molar-refractivity contribution in [1.82, 2.24) is 5.32 Å². The van der Waals surface area contributed by atoms with E-state index in [0.29, 0.717) is 5.56 Å². The van der Waals surface area contributed by atoms with E-state index < -0.39 is 24.3 Å². The van der Waals surface area contributed by atoms with Crippen LogP contribution in [0.3, 0.4) is 0 Å². The molecule has 4 aromatic carbocycles. The molecule has 0 fully saturated rings. The van der Waals surface area contributed by atoms with Crippen LogP contribution in [0.1, 0.15) is 31.1 Å². The van der Waals surface area contributed by atoms with Crippen molar-refractivity contribution < 1.29 is 23.9 Å². The Bertz CT molecular complexity index is 1290. The number of hydrogen-bond donors (Lipinski definition) is 1. The Kier molecular flexibility index (Phi) is 5.23. The Morgan fingerprint density at radius 3 is 2.13 bits per heavy atom.